The van der Waals surface area contributed by atoms with Gasteiger partial charge in [-0.2, -0.15) is 0 Å². The van der Waals surface area contributed by atoms with Crippen LogP contribution >= 0.6 is 10.7 Å². The summed E-state index contributed by atoms with van der Waals surface area (Å²) in [6, 6.07) is 1.02. The highest BCUT2D eigenvalue weighted by Crippen LogP contribution is 2.17. The predicted octanol–water partition coefficient (Wildman–Crippen LogP) is 0.948. The van der Waals surface area contributed by atoms with Crippen molar-refractivity contribution in [3.63, 3.8) is 0 Å². The van der Waals surface area contributed by atoms with Crippen molar-refractivity contribution < 1.29 is 22.0 Å². The van der Waals surface area contributed by atoms with Crippen LogP contribution in [-0.2, 0) is 16.1 Å². The van der Waals surface area contributed by atoms with Crippen LogP contribution in [0.3, 0.4) is 0 Å². The van der Waals surface area contributed by atoms with Gasteiger partial charge in [-0.25, -0.2) is 17.2 Å². The Bertz CT molecular complexity index is 527. The first-order valence-electron chi connectivity index (χ1n) is 4.39. The highest BCUT2D eigenvalue weighted by atomic mass is 35.7. The van der Waals surface area contributed by atoms with Crippen LogP contribution in [0.5, 0.6) is 0 Å². The number of halogens is 3. The Labute approximate surface area is 101 Å². The summed E-state index contributed by atoms with van der Waals surface area (Å²) in [6.45, 7) is -0.799. The normalized spacial score (nSPS) is 11.8. The molecule has 1 amide bonds. The molecule has 0 radical (unpaired) electrons. The molecule has 1 heterocycles. The van der Waals surface area contributed by atoms with Gasteiger partial charge >= 0.3 is 0 Å². The van der Waals surface area contributed by atoms with E-state index in [-0.39, 0.29) is 10.6 Å². The lowest BCUT2D eigenvalue weighted by atomic mass is 10.4. The van der Waals surface area contributed by atoms with Crippen molar-refractivity contribution in [2.24, 2.45) is 7.05 Å². The zero-order valence-electron chi connectivity index (χ0n) is 8.65. The fourth-order valence-electron chi connectivity index (χ4n) is 1.15. The topological polar surface area (TPSA) is 68.2 Å². The second kappa shape index (κ2) is 5.01. The van der Waals surface area contributed by atoms with Crippen molar-refractivity contribution in [3.05, 3.63) is 18.0 Å². The van der Waals surface area contributed by atoms with E-state index >= 15 is 0 Å². The summed E-state index contributed by atoms with van der Waals surface area (Å²) in [7, 11) is 2.54. The van der Waals surface area contributed by atoms with Gasteiger partial charge < -0.3 is 9.88 Å². The van der Waals surface area contributed by atoms with Crippen molar-refractivity contribution in [1.82, 2.24) is 9.88 Å². The van der Waals surface area contributed by atoms with Gasteiger partial charge in [0, 0.05) is 23.9 Å². The zero-order valence-corrected chi connectivity index (χ0v) is 10.2. The fourth-order valence-corrected chi connectivity index (χ4v) is 1.94. The Morgan fingerprint density at radius 2 is 2.18 bits per heavy atom. The minimum atomic E-state index is -3.95. The smallest absolute Gasteiger partial charge is 0.268 e. The second-order valence-electron chi connectivity index (χ2n) is 3.21. The average molecular weight is 287 g/mol. The van der Waals surface area contributed by atoms with Crippen LogP contribution in [0, 0.1) is 0 Å². The van der Waals surface area contributed by atoms with Gasteiger partial charge in [-0.3, -0.25) is 4.79 Å². The number of amides is 1. The number of nitrogens with zero attached hydrogens (tertiary/aromatic N) is 1. The molecule has 0 spiro atoms. The SMILES string of the molecule is Cn1cc(S(=O)(=O)Cl)cc1C(=O)NCC(F)F. The first kappa shape index (κ1) is 13.9. The van der Waals surface area contributed by atoms with E-state index in [1.807, 2.05) is 5.32 Å². The number of hydrogen-bond acceptors (Lipinski definition) is 3. The molecule has 1 aromatic heterocycles. The summed E-state index contributed by atoms with van der Waals surface area (Å²) in [5.74, 6) is -0.792. The third kappa shape index (κ3) is 3.67. The van der Waals surface area contributed by atoms with Gasteiger partial charge in [0.1, 0.15) is 10.6 Å². The molecule has 0 aliphatic heterocycles. The maximum atomic E-state index is 11.9. The molecule has 0 fully saturated rings. The Morgan fingerprint density at radius 1 is 1.59 bits per heavy atom. The van der Waals surface area contributed by atoms with E-state index < -0.39 is 27.9 Å². The van der Waals surface area contributed by atoms with Crippen molar-refractivity contribution in [1.29, 1.82) is 0 Å². The molecule has 96 valence electrons. The lowest BCUT2D eigenvalue weighted by molar-refractivity contribution is 0.0884. The molecule has 1 rings (SSSR count). The number of rotatable bonds is 4. The van der Waals surface area contributed by atoms with Crippen molar-refractivity contribution in [3.8, 4) is 0 Å². The standard InChI is InChI=1S/C8H9ClF2N2O3S/c1-13-4-5(17(9,15)16)2-6(13)8(14)12-3-7(10)11/h2,4,7H,3H2,1H3,(H,12,14). The van der Waals surface area contributed by atoms with E-state index in [0.29, 0.717) is 0 Å². The van der Waals surface area contributed by atoms with Crippen LogP contribution < -0.4 is 5.32 Å². The molecule has 5 nitrogen and oxygen atoms in total. The molecule has 0 saturated heterocycles. The number of aromatic nitrogens is 1. The summed E-state index contributed by atoms with van der Waals surface area (Å²) in [5, 5.41) is 1.96. The van der Waals surface area contributed by atoms with Gasteiger partial charge in [-0.15, -0.1) is 0 Å². The molecule has 0 unspecified atom stereocenters. The van der Waals surface area contributed by atoms with Gasteiger partial charge in [0.15, 0.2) is 0 Å². The molecule has 17 heavy (non-hydrogen) atoms. The Morgan fingerprint density at radius 3 is 2.59 bits per heavy atom. The Kier molecular flexibility index (Phi) is 4.10. The summed E-state index contributed by atoms with van der Waals surface area (Å²) >= 11 is 0. The number of aryl methyl sites for hydroxylation is 1. The van der Waals surface area contributed by atoms with Gasteiger partial charge in [-0.1, -0.05) is 0 Å². The second-order valence-corrected chi connectivity index (χ2v) is 5.78. The first-order valence-corrected chi connectivity index (χ1v) is 6.70. The van der Waals surface area contributed by atoms with E-state index in [9.17, 15) is 22.0 Å². The first-order chi connectivity index (χ1) is 7.71. The molecule has 1 N–H and O–H groups in total. The van der Waals surface area contributed by atoms with Gasteiger partial charge in [0.05, 0.1) is 6.54 Å². The Hall–Kier alpha value is -1.15. The number of alkyl halides is 2. The van der Waals surface area contributed by atoms with E-state index in [2.05, 4.69) is 0 Å². The lowest BCUT2D eigenvalue weighted by Crippen LogP contribution is -2.29. The van der Waals surface area contributed by atoms with E-state index in [0.717, 1.165) is 12.3 Å². The monoisotopic (exact) mass is 286 g/mol. The zero-order chi connectivity index (χ0) is 13.2. The third-order valence-electron chi connectivity index (χ3n) is 1.91. The quantitative estimate of drug-likeness (QED) is 0.838. The third-order valence-corrected chi connectivity index (χ3v) is 3.23. The number of hydrogen-bond donors (Lipinski definition) is 1. The highest BCUT2D eigenvalue weighted by molar-refractivity contribution is 8.13. The van der Waals surface area contributed by atoms with Crippen molar-refractivity contribution in [2.45, 2.75) is 11.3 Å². The van der Waals surface area contributed by atoms with Crippen molar-refractivity contribution >= 4 is 25.6 Å². The van der Waals surface area contributed by atoms with Gasteiger partial charge in [0.25, 0.3) is 21.4 Å². The largest absolute Gasteiger partial charge is 0.345 e. The predicted molar refractivity (Wildman–Crippen MR) is 56.8 cm³/mol. The highest BCUT2D eigenvalue weighted by Gasteiger charge is 2.18. The van der Waals surface area contributed by atoms with Crippen molar-refractivity contribution in [2.75, 3.05) is 6.54 Å². The number of carbonyl (C=O) groups excluding carboxylic acids is 1. The molecule has 9 heteroatoms. The molecule has 1 aromatic rings. The molecule has 0 atom stereocenters. The minimum absolute atomic E-state index is 0.0649. The molecule has 0 aliphatic rings. The average Bonchev–Trinajstić information content (AvgIpc) is 2.56. The van der Waals surface area contributed by atoms with E-state index in [1.165, 1.54) is 11.6 Å². The fraction of sp³-hybridized carbons (Fsp3) is 0.375. The molecular weight excluding hydrogens is 278 g/mol. The molecular formula is C8H9ClF2N2O3S. The molecule has 0 saturated carbocycles. The van der Waals surface area contributed by atoms with Crippen LogP contribution in [0.15, 0.2) is 17.2 Å². The lowest BCUT2D eigenvalue weighted by Gasteiger charge is -2.04. The Balaban J connectivity index is 2.92. The summed E-state index contributed by atoms with van der Waals surface area (Å²) in [5.41, 5.74) is -0.0649. The maximum Gasteiger partial charge on any atom is 0.268 e. The van der Waals surface area contributed by atoms with E-state index in [1.54, 1.807) is 0 Å². The molecule has 0 aliphatic carbocycles. The molecule has 0 aromatic carbocycles. The summed E-state index contributed by atoms with van der Waals surface area (Å²) in [4.78, 5) is 11.1. The van der Waals surface area contributed by atoms with Crippen LogP contribution in [0.2, 0.25) is 0 Å². The summed E-state index contributed by atoms with van der Waals surface area (Å²) in [6.07, 6.45) is -1.55. The molecule has 0 bridgehead atoms. The van der Waals surface area contributed by atoms with Crippen LogP contribution in [-0.4, -0.2) is 31.9 Å². The van der Waals surface area contributed by atoms with Crippen LogP contribution in [0.4, 0.5) is 8.78 Å². The van der Waals surface area contributed by atoms with Crippen LogP contribution in [0.1, 0.15) is 10.5 Å². The summed E-state index contributed by atoms with van der Waals surface area (Å²) < 4.78 is 46.9. The maximum absolute atomic E-state index is 11.9. The minimum Gasteiger partial charge on any atom is -0.345 e. The van der Waals surface area contributed by atoms with Crippen LogP contribution in [0.25, 0.3) is 0 Å². The van der Waals surface area contributed by atoms with E-state index in [4.69, 9.17) is 10.7 Å². The van der Waals surface area contributed by atoms with Gasteiger partial charge in [0.2, 0.25) is 0 Å². The number of carbonyl (C=O) groups is 1. The number of nitrogens with one attached hydrogen (secondary N) is 1. The van der Waals surface area contributed by atoms with Gasteiger partial charge in [-0.05, 0) is 6.07 Å².